The summed E-state index contributed by atoms with van der Waals surface area (Å²) in [5.74, 6) is 0. The van der Waals surface area contributed by atoms with Gasteiger partial charge in [0.25, 0.3) is 0 Å². The molecule has 1 aliphatic rings. The van der Waals surface area contributed by atoms with Crippen LogP contribution in [0.15, 0.2) is 0 Å². The van der Waals surface area contributed by atoms with Gasteiger partial charge < -0.3 is 43.4 Å². The Morgan fingerprint density at radius 1 is 0.556 bits per heavy atom. The molecule has 1 aliphatic heterocycles. The van der Waals surface area contributed by atoms with Crippen molar-refractivity contribution in [3.63, 3.8) is 0 Å². The van der Waals surface area contributed by atoms with Crippen molar-refractivity contribution in [2.75, 3.05) is 65.8 Å². The van der Waals surface area contributed by atoms with Crippen molar-refractivity contribution in [3.8, 4) is 0 Å². The van der Waals surface area contributed by atoms with Crippen molar-refractivity contribution in [2.24, 2.45) is 0 Å². The van der Waals surface area contributed by atoms with Crippen LogP contribution < -0.4 is 29.2 Å². The number of ether oxygens (including phenoxy) is 3. The normalized spacial score (nSPS) is 20.0. The quantitative estimate of drug-likeness (QED) is 0.310. The second kappa shape index (κ2) is 20.1. The summed E-state index contributed by atoms with van der Waals surface area (Å²) >= 11 is 0. The zero-order valence-corrected chi connectivity index (χ0v) is 13.8. The van der Waals surface area contributed by atoms with Gasteiger partial charge >= 0.3 is 21.1 Å². The van der Waals surface area contributed by atoms with Gasteiger partial charge in [-0.3, -0.25) is 0 Å². The summed E-state index contributed by atoms with van der Waals surface area (Å²) < 4.78 is 13.1. The van der Waals surface area contributed by atoms with Crippen molar-refractivity contribution in [3.05, 3.63) is 0 Å². The maximum Gasteiger partial charge on any atom is 4.00 e. The average Bonchev–Trinajstić information content (AvgIpc) is 2.27. The van der Waals surface area contributed by atoms with E-state index >= 15 is 0 Å². The van der Waals surface area contributed by atoms with E-state index in [0.717, 1.165) is 65.8 Å². The summed E-state index contributed by atoms with van der Waals surface area (Å²) in [6, 6.07) is 0. The fourth-order valence-corrected chi connectivity index (χ4v) is 1.36. The molecule has 112 valence electrons. The zero-order valence-electron chi connectivity index (χ0n) is 10.8. The first-order valence-corrected chi connectivity index (χ1v) is 5.81. The van der Waals surface area contributed by atoms with Gasteiger partial charge in [-0.05, 0) is 0 Å². The average molecular weight is 469 g/mol. The minimum absolute atomic E-state index is 0. The van der Waals surface area contributed by atoms with Gasteiger partial charge in [-0.2, -0.15) is 0 Å². The van der Waals surface area contributed by atoms with Crippen molar-refractivity contribution in [2.45, 2.75) is 0 Å². The molecule has 0 aromatic carbocycles. The maximum absolute atomic E-state index is 4.40. The first-order valence-electron chi connectivity index (χ1n) is 5.81. The van der Waals surface area contributed by atoms with Crippen molar-refractivity contribution < 1.29 is 47.7 Å². The summed E-state index contributed by atoms with van der Waals surface area (Å²) in [5, 5.41) is 6.63. The fourth-order valence-electron chi connectivity index (χ4n) is 1.36. The van der Waals surface area contributed by atoms with Crippen LogP contribution in [0.5, 0.6) is 0 Å². The summed E-state index contributed by atoms with van der Waals surface area (Å²) in [7, 11) is 0. The number of aliphatic hydroxyl groups is 6. The molecule has 0 aliphatic carbocycles. The molecular formula is C10H28ClN3O3Pt+6. The molecule has 0 atom stereocenters. The second-order valence-corrected chi connectivity index (χ2v) is 3.51. The molecule has 0 spiro atoms. The maximum atomic E-state index is 4.40. The van der Waals surface area contributed by atoms with Crippen LogP contribution in [0.3, 0.4) is 0 Å². The van der Waals surface area contributed by atoms with Crippen molar-refractivity contribution >= 4 is 0 Å². The summed E-state index contributed by atoms with van der Waals surface area (Å²) in [6.45, 7) is 9.22. The third kappa shape index (κ3) is 16.7. The molecule has 0 aromatic rings. The molecule has 8 heteroatoms. The molecule has 0 unspecified atom stereocenters. The third-order valence-corrected chi connectivity index (χ3v) is 2.20. The van der Waals surface area contributed by atoms with Crippen molar-refractivity contribution in [1.82, 2.24) is 16.8 Å². The smallest absolute Gasteiger partial charge is 1.00 e. The molecule has 0 saturated carbocycles. The largest absolute Gasteiger partial charge is 4.00 e. The van der Waals surface area contributed by atoms with Crippen LogP contribution in [0.4, 0.5) is 0 Å². The monoisotopic (exact) mass is 468 g/mol. The second-order valence-electron chi connectivity index (χ2n) is 3.51. The van der Waals surface area contributed by atoms with Crippen LogP contribution in [0.2, 0.25) is 0 Å². The van der Waals surface area contributed by atoms with Gasteiger partial charge in [0.05, 0.1) is 26.2 Å². The van der Waals surface area contributed by atoms with E-state index in [9.17, 15) is 0 Å². The molecule has 18 heavy (non-hydrogen) atoms. The van der Waals surface area contributed by atoms with Gasteiger partial charge in [0.1, 0.15) is 0 Å². The molecular weight excluding hydrogens is 441 g/mol. The van der Waals surface area contributed by atoms with E-state index in [4.69, 9.17) is 0 Å². The molecule has 8 N–H and O–H groups in total. The summed E-state index contributed by atoms with van der Waals surface area (Å²) in [4.78, 5) is 0. The predicted molar refractivity (Wildman–Crippen MR) is 66.6 cm³/mol. The summed E-state index contributed by atoms with van der Waals surface area (Å²) in [6.07, 6.45) is 0. The van der Waals surface area contributed by atoms with Gasteiger partial charge in [0.15, 0.2) is 26.4 Å². The Morgan fingerprint density at radius 3 is 1.17 bits per heavy atom. The van der Waals surface area contributed by atoms with Crippen LogP contribution in [0.25, 0.3) is 0 Å². The van der Waals surface area contributed by atoms with Crippen LogP contribution in [-0.2, 0) is 21.1 Å². The van der Waals surface area contributed by atoms with Crippen LogP contribution in [-0.4, -0.2) is 80.0 Å². The number of hydrogen-bond acceptors (Lipinski definition) is 3. The molecule has 1 fully saturated rings. The zero-order chi connectivity index (χ0) is 10.6. The van der Waals surface area contributed by atoms with Gasteiger partial charge in [-0.25, -0.2) is 0 Å². The molecule has 1 heterocycles. The molecule has 0 amide bonds. The summed E-state index contributed by atoms with van der Waals surface area (Å²) in [5.41, 5.74) is 0. The molecule has 1 saturated heterocycles. The number of rotatable bonds is 0. The van der Waals surface area contributed by atoms with Crippen LogP contribution in [0.1, 0.15) is 0 Å². The Hall–Kier alpha value is 0.738. The van der Waals surface area contributed by atoms with E-state index in [0.29, 0.717) is 0 Å². The third-order valence-electron chi connectivity index (χ3n) is 2.20. The van der Waals surface area contributed by atoms with E-state index in [-0.39, 0.29) is 39.6 Å². The Balaban J connectivity index is -0.000000750. The fraction of sp³-hybridized carbons (Fsp3) is 1.00. The minimum atomic E-state index is 0. The number of halogens is 1. The van der Waals surface area contributed by atoms with E-state index < -0.39 is 0 Å². The Bertz CT molecular complexity index is 90.9. The Morgan fingerprint density at radius 2 is 0.833 bits per heavy atom. The molecule has 0 aromatic heterocycles. The van der Waals surface area contributed by atoms with Crippen LogP contribution >= 0.6 is 0 Å². The van der Waals surface area contributed by atoms with E-state index in [2.05, 4.69) is 24.8 Å². The standard InChI is InChI=1S/C10H22N2O3.ClH.H3N.Pt/c1-5-13-6-2-12-4-8-15-10-9-14-7-3-11-1;;;/h11-12H,1-10H2;1H;1H3;/q;;;+4/p+2. The van der Waals surface area contributed by atoms with E-state index in [1.807, 2.05) is 0 Å². The molecule has 0 radical (unpaired) electrons. The van der Waals surface area contributed by atoms with Crippen molar-refractivity contribution in [1.29, 1.82) is 0 Å². The van der Waals surface area contributed by atoms with E-state index in [1.165, 1.54) is 0 Å². The Labute approximate surface area is 130 Å². The Kier molecular flexibility index (Phi) is 26.5. The first-order chi connectivity index (χ1) is 7.50. The molecule has 0 bridgehead atoms. The predicted octanol–water partition coefficient (Wildman–Crippen LogP) is -5.07. The SMILES string of the molecule is C1C[OH+]CCNCC[OH+]CC[OH+]CCN1.N.[Cl-].[Pt+4]. The molecule has 6 nitrogen and oxygen atoms in total. The first kappa shape index (κ1) is 23.8. The number of hydrogen-bond donors (Lipinski definition) is 3. The van der Waals surface area contributed by atoms with E-state index in [1.54, 1.807) is 0 Å². The minimum Gasteiger partial charge on any atom is -1.00 e. The van der Waals surface area contributed by atoms with Gasteiger partial charge in [-0.15, -0.1) is 0 Å². The van der Waals surface area contributed by atoms with Crippen LogP contribution in [0, 0.1) is 0 Å². The van der Waals surface area contributed by atoms with Gasteiger partial charge in [-0.1, -0.05) is 0 Å². The van der Waals surface area contributed by atoms with Gasteiger partial charge in [0, 0.05) is 0 Å². The number of nitrogens with one attached hydrogen (secondary N) is 2. The molecule has 1 rings (SSSR count). The van der Waals surface area contributed by atoms with Gasteiger partial charge in [0.2, 0.25) is 13.2 Å². The topological polar surface area (TPSA) is 97.5 Å².